The van der Waals surface area contributed by atoms with Crippen molar-refractivity contribution in [2.45, 2.75) is 18.2 Å². The van der Waals surface area contributed by atoms with Crippen molar-refractivity contribution < 1.29 is 0 Å². The predicted octanol–water partition coefficient (Wildman–Crippen LogP) is 2.24. The topological polar surface area (TPSA) is 23.8 Å². The average molecular weight is 174 g/mol. The van der Waals surface area contributed by atoms with Crippen molar-refractivity contribution in [1.82, 2.24) is 0 Å². The zero-order valence-electron chi connectivity index (χ0n) is 4.82. The van der Waals surface area contributed by atoms with Crippen LogP contribution in [0.4, 0.5) is 0 Å². The van der Waals surface area contributed by atoms with Crippen molar-refractivity contribution in [3.8, 4) is 6.07 Å². The Balaban J connectivity index is 3.43. The molecule has 0 rings (SSSR count). The van der Waals surface area contributed by atoms with Crippen molar-refractivity contribution >= 4 is 15.9 Å². The van der Waals surface area contributed by atoms with Gasteiger partial charge in [-0.05, 0) is 13.3 Å². The highest BCUT2D eigenvalue weighted by atomic mass is 79.9. The van der Waals surface area contributed by atoms with Crippen molar-refractivity contribution in [3.63, 3.8) is 0 Å². The number of rotatable bonds is 2. The van der Waals surface area contributed by atoms with Crippen molar-refractivity contribution in [3.05, 3.63) is 12.2 Å². The molecule has 1 atom stereocenters. The summed E-state index contributed by atoms with van der Waals surface area (Å²) in [6, 6.07) is 2.05. The number of alkyl halides is 1. The maximum Gasteiger partial charge on any atom is 0.105 e. The van der Waals surface area contributed by atoms with Crippen LogP contribution in [0.2, 0.25) is 0 Å². The van der Waals surface area contributed by atoms with Crippen LogP contribution >= 0.6 is 15.9 Å². The lowest BCUT2D eigenvalue weighted by Gasteiger charge is -1.95. The molecule has 0 aromatic heterocycles. The van der Waals surface area contributed by atoms with Gasteiger partial charge in [-0.2, -0.15) is 5.26 Å². The fraction of sp³-hybridized carbons (Fsp3) is 0.500. The van der Waals surface area contributed by atoms with E-state index in [-0.39, 0.29) is 4.83 Å². The van der Waals surface area contributed by atoms with E-state index in [1.807, 2.05) is 6.92 Å². The molecule has 44 valence electrons. The van der Waals surface area contributed by atoms with Crippen LogP contribution in [0.5, 0.6) is 0 Å². The van der Waals surface area contributed by atoms with Gasteiger partial charge >= 0.3 is 0 Å². The van der Waals surface area contributed by atoms with Gasteiger partial charge in [0.25, 0.3) is 0 Å². The van der Waals surface area contributed by atoms with Crippen LogP contribution in [0.1, 0.15) is 13.3 Å². The molecular weight excluding hydrogens is 166 g/mol. The summed E-state index contributed by atoms with van der Waals surface area (Å²) < 4.78 is 0. The van der Waals surface area contributed by atoms with E-state index in [0.717, 1.165) is 12.0 Å². The molecule has 0 fully saturated rings. The van der Waals surface area contributed by atoms with Crippen LogP contribution in [0.15, 0.2) is 12.2 Å². The lowest BCUT2D eigenvalue weighted by molar-refractivity contribution is 1.02. The third kappa shape index (κ3) is 3.89. The van der Waals surface area contributed by atoms with Gasteiger partial charge in [-0.1, -0.05) is 21.5 Å². The van der Waals surface area contributed by atoms with Gasteiger partial charge in [0, 0.05) is 0 Å². The van der Waals surface area contributed by atoms with Crippen molar-refractivity contribution in [2.24, 2.45) is 0 Å². The summed E-state index contributed by atoms with van der Waals surface area (Å²) in [7, 11) is 0. The van der Waals surface area contributed by atoms with E-state index in [2.05, 4.69) is 28.6 Å². The number of halogens is 1. The molecule has 0 aliphatic carbocycles. The fourth-order valence-electron chi connectivity index (χ4n) is 0.352. The van der Waals surface area contributed by atoms with Gasteiger partial charge in [0.15, 0.2) is 0 Å². The summed E-state index contributed by atoms with van der Waals surface area (Å²) >= 11 is 3.16. The van der Waals surface area contributed by atoms with Crippen LogP contribution in [0, 0.1) is 11.3 Å². The van der Waals surface area contributed by atoms with Gasteiger partial charge in [-0.25, -0.2) is 0 Å². The molecule has 0 N–H and O–H groups in total. The number of hydrogen-bond donors (Lipinski definition) is 0. The van der Waals surface area contributed by atoms with Crippen LogP contribution in [-0.4, -0.2) is 4.83 Å². The summed E-state index contributed by atoms with van der Waals surface area (Å²) in [5.74, 6) is 0. The van der Waals surface area contributed by atoms with Crippen LogP contribution in [0.25, 0.3) is 0 Å². The molecule has 0 heterocycles. The normalized spacial score (nSPS) is 12.1. The highest BCUT2D eigenvalue weighted by molar-refractivity contribution is 9.09. The summed E-state index contributed by atoms with van der Waals surface area (Å²) in [5.41, 5.74) is 1.04. The lowest BCUT2D eigenvalue weighted by Crippen LogP contribution is -1.91. The van der Waals surface area contributed by atoms with Crippen LogP contribution in [-0.2, 0) is 0 Å². The molecule has 0 radical (unpaired) electrons. The molecule has 0 saturated heterocycles. The molecule has 0 aliphatic rings. The minimum atomic E-state index is -0.0556. The van der Waals surface area contributed by atoms with Crippen molar-refractivity contribution in [1.29, 1.82) is 5.26 Å². The Bertz CT molecular complexity index is 123. The minimum absolute atomic E-state index is 0.0556. The first-order valence-electron chi connectivity index (χ1n) is 2.35. The number of nitriles is 1. The first-order chi connectivity index (χ1) is 3.66. The molecule has 0 spiro atoms. The third-order valence-corrected chi connectivity index (χ3v) is 1.20. The molecule has 0 aliphatic heterocycles. The van der Waals surface area contributed by atoms with Crippen molar-refractivity contribution in [2.75, 3.05) is 0 Å². The Morgan fingerprint density at radius 3 is 2.62 bits per heavy atom. The van der Waals surface area contributed by atoms with Gasteiger partial charge in [0.1, 0.15) is 4.83 Å². The third-order valence-electron chi connectivity index (χ3n) is 0.668. The number of nitrogens with zero attached hydrogens (tertiary/aromatic N) is 1. The molecular formula is C6H8BrN. The monoisotopic (exact) mass is 173 g/mol. The van der Waals surface area contributed by atoms with E-state index in [0.29, 0.717) is 0 Å². The zero-order valence-corrected chi connectivity index (χ0v) is 6.40. The summed E-state index contributed by atoms with van der Waals surface area (Å²) in [5, 5.41) is 8.25. The molecule has 0 aromatic rings. The van der Waals surface area contributed by atoms with E-state index >= 15 is 0 Å². The quantitative estimate of drug-likeness (QED) is 0.465. The largest absolute Gasteiger partial charge is 0.197 e. The van der Waals surface area contributed by atoms with E-state index in [1.54, 1.807) is 0 Å². The van der Waals surface area contributed by atoms with E-state index in [9.17, 15) is 0 Å². The smallest absolute Gasteiger partial charge is 0.105 e. The standard InChI is InChI=1S/C6H8BrN/c1-5(2)3-6(7)4-8/h6H,1,3H2,2H3. The molecule has 0 amide bonds. The first-order valence-corrected chi connectivity index (χ1v) is 3.26. The highest BCUT2D eigenvalue weighted by Crippen LogP contribution is 2.08. The fourth-order valence-corrected chi connectivity index (χ4v) is 0.904. The second kappa shape index (κ2) is 3.68. The number of allylic oxidation sites excluding steroid dienone is 1. The second-order valence-corrected chi connectivity index (χ2v) is 2.86. The number of hydrogen-bond acceptors (Lipinski definition) is 1. The summed E-state index contributed by atoms with van der Waals surface area (Å²) in [6.45, 7) is 5.57. The Hall–Kier alpha value is -0.290. The van der Waals surface area contributed by atoms with E-state index < -0.39 is 0 Å². The average Bonchev–Trinajstić information content (AvgIpc) is 1.65. The Kier molecular flexibility index (Phi) is 3.55. The minimum Gasteiger partial charge on any atom is -0.197 e. The SMILES string of the molecule is C=C(C)CC(Br)C#N. The lowest BCUT2D eigenvalue weighted by atomic mass is 10.2. The van der Waals surface area contributed by atoms with E-state index in [1.165, 1.54) is 0 Å². The molecule has 8 heavy (non-hydrogen) atoms. The molecule has 0 saturated carbocycles. The highest BCUT2D eigenvalue weighted by Gasteiger charge is 1.98. The van der Waals surface area contributed by atoms with Gasteiger partial charge in [-0.3, -0.25) is 0 Å². The Morgan fingerprint density at radius 2 is 2.50 bits per heavy atom. The molecule has 2 heteroatoms. The van der Waals surface area contributed by atoms with Gasteiger partial charge in [0.05, 0.1) is 6.07 Å². The zero-order chi connectivity index (χ0) is 6.57. The first kappa shape index (κ1) is 7.71. The predicted molar refractivity (Wildman–Crippen MR) is 37.8 cm³/mol. The van der Waals surface area contributed by atoms with Gasteiger partial charge in [-0.15, -0.1) is 6.58 Å². The second-order valence-electron chi connectivity index (χ2n) is 1.76. The molecule has 1 nitrogen and oxygen atoms in total. The molecule has 1 unspecified atom stereocenters. The maximum atomic E-state index is 8.25. The van der Waals surface area contributed by atoms with E-state index in [4.69, 9.17) is 5.26 Å². The Labute approximate surface area is 58.1 Å². The molecule has 0 aromatic carbocycles. The summed E-state index contributed by atoms with van der Waals surface area (Å²) in [6.07, 6.45) is 0.747. The van der Waals surface area contributed by atoms with Gasteiger partial charge in [0.2, 0.25) is 0 Å². The maximum absolute atomic E-state index is 8.25. The van der Waals surface area contributed by atoms with Crippen LogP contribution < -0.4 is 0 Å². The summed E-state index contributed by atoms with van der Waals surface area (Å²) in [4.78, 5) is -0.0556. The van der Waals surface area contributed by atoms with Gasteiger partial charge < -0.3 is 0 Å². The molecule has 0 bridgehead atoms. The Morgan fingerprint density at radius 1 is 2.00 bits per heavy atom. The van der Waals surface area contributed by atoms with Crippen LogP contribution in [0.3, 0.4) is 0 Å².